The van der Waals surface area contributed by atoms with E-state index in [4.69, 9.17) is 0 Å². The summed E-state index contributed by atoms with van der Waals surface area (Å²) in [6, 6.07) is 0. The van der Waals surface area contributed by atoms with Gasteiger partial charge in [0.2, 0.25) is 0 Å². The molecule has 0 saturated heterocycles. The third-order valence-electron chi connectivity index (χ3n) is 4.68. The Morgan fingerprint density at radius 1 is 1.33 bits per heavy atom. The zero-order valence-electron chi connectivity index (χ0n) is 15.3. The van der Waals surface area contributed by atoms with E-state index in [9.17, 15) is 4.79 Å². The molecule has 1 atom stereocenters. The number of allylic oxidation sites excluding steroid dienone is 6. The largest absolute Gasteiger partial charge is 0.322 e. The molecule has 0 spiro atoms. The number of fused-ring (bicyclic) bond motifs is 4. The van der Waals surface area contributed by atoms with Crippen LogP contribution < -0.4 is 5.32 Å². The monoisotopic (exact) mass is 325 g/mol. The molecule has 0 bridgehead atoms. The van der Waals surface area contributed by atoms with Crippen molar-refractivity contribution in [2.45, 2.75) is 41.0 Å². The Labute approximate surface area is 144 Å². The molecule has 2 aliphatic carbocycles. The lowest BCUT2D eigenvalue weighted by atomic mass is 9.84. The normalized spacial score (nSPS) is 32.4. The van der Waals surface area contributed by atoms with Gasteiger partial charge in [0.25, 0.3) is 5.91 Å². The molecule has 4 rings (SSSR count). The zero-order valence-corrected chi connectivity index (χ0v) is 15.3. The zero-order chi connectivity index (χ0) is 17.5. The SMILES string of the molecule is CC.CC1/C=C\C(C)(C)/C=C2/C3=C(C/C2=C/1)N1CCN=C1C(=O)N3. The number of hydrogen-bond donors (Lipinski definition) is 1. The summed E-state index contributed by atoms with van der Waals surface area (Å²) >= 11 is 0. The third-order valence-corrected chi connectivity index (χ3v) is 4.68. The summed E-state index contributed by atoms with van der Waals surface area (Å²) in [5.74, 6) is 0.920. The van der Waals surface area contributed by atoms with Crippen LogP contribution in [0.2, 0.25) is 0 Å². The number of rotatable bonds is 0. The van der Waals surface area contributed by atoms with Crippen molar-refractivity contribution in [2.24, 2.45) is 16.3 Å². The Bertz CT molecular complexity index is 719. The first kappa shape index (κ1) is 16.7. The molecule has 0 aromatic carbocycles. The number of hydrogen-bond acceptors (Lipinski definition) is 3. The van der Waals surface area contributed by atoms with E-state index in [0.717, 1.165) is 18.7 Å². The average Bonchev–Trinajstić information content (AvgIpc) is 3.14. The summed E-state index contributed by atoms with van der Waals surface area (Å²) in [5, 5.41) is 3.08. The highest BCUT2D eigenvalue weighted by atomic mass is 16.2. The first-order valence-corrected chi connectivity index (χ1v) is 8.95. The van der Waals surface area contributed by atoms with Crippen LogP contribution in [0.1, 0.15) is 41.0 Å². The van der Waals surface area contributed by atoms with Crippen LogP contribution in [0.4, 0.5) is 0 Å². The van der Waals surface area contributed by atoms with Gasteiger partial charge in [-0.15, -0.1) is 0 Å². The molecule has 2 aliphatic heterocycles. The number of nitrogens with zero attached hydrogens (tertiary/aromatic N) is 2. The van der Waals surface area contributed by atoms with Crippen molar-refractivity contribution < 1.29 is 4.79 Å². The molecule has 1 unspecified atom stereocenters. The van der Waals surface area contributed by atoms with Crippen LogP contribution in [0.15, 0.2) is 51.8 Å². The van der Waals surface area contributed by atoms with Gasteiger partial charge in [0.05, 0.1) is 12.2 Å². The van der Waals surface area contributed by atoms with Gasteiger partial charge in [0.15, 0.2) is 5.84 Å². The molecule has 4 heteroatoms. The van der Waals surface area contributed by atoms with E-state index >= 15 is 0 Å². The Kier molecular flexibility index (Phi) is 4.24. The summed E-state index contributed by atoms with van der Waals surface area (Å²) in [5.41, 5.74) is 4.69. The van der Waals surface area contributed by atoms with Crippen molar-refractivity contribution in [1.29, 1.82) is 0 Å². The van der Waals surface area contributed by atoms with Gasteiger partial charge < -0.3 is 10.2 Å². The maximum atomic E-state index is 12.3. The van der Waals surface area contributed by atoms with Crippen LogP contribution in [0, 0.1) is 11.3 Å². The smallest absolute Gasteiger partial charge is 0.291 e. The van der Waals surface area contributed by atoms with Crippen molar-refractivity contribution >= 4 is 11.7 Å². The van der Waals surface area contributed by atoms with Crippen LogP contribution in [0.25, 0.3) is 0 Å². The number of amides is 1. The molecule has 0 fully saturated rings. The van der Waals surface area contributed by atoms with Gasteiger partial charge in [-0.25, -0.2) is 0 Å². The Balaban J connectivity index is 0.000000815. The molecule has 0 aromatic rings. The molecule has 2 heterocycles. The van der Waals surface area contributed by atoms with E-state index in [1.54, 1.807) is 0 Å². The first-order valence-electron chi connectivity index (χ1n) is 8.95. The highest BCUT2D eigenvalue weighted by molar-refractivity contribution is 6.39. The van der Waals surface area contributed by atoms with Crippen molar-refractivity contribution in [3.63, 3.8) is 0 Å². The molecule has 1 amide bonds. The van der Waals surface area contributed by atoms with Crippen molar-refractivity contribution in [1.82, 2.24) is 10.2 Å². The maximum Gasteiger partial charge on any atom is 0.291 e. The summed E-state index contributed by atoms with van der Waals surface area (Å²) in [7, 11) is 0. The fraction of sp³-hybridized carbons (Fsp3) is 0.500. The summed E-state index contributed by atoms with van der Waals surface area (Å²) in [4.78, 5) is 18.7. The van der Waals surface area contributed by atoms with Gasteiger partial charge in [-0.05, 0) is 17.1 Å². The molecule has 0 saturated carbocycles. The second-order valence-electron chi connectivity index (χ2n) is 7.10. The molecule has 0 radical (unpaired) electrons. The molecule has 4 aliphatic rings. The minimum absolute atomic E-state index is 0.0182. The third kappa shape index (κ3) is 2.74. The number of aliphatic imine (C=N–C) groups is 1. The predicted octanol–water partition coefficient (Wildman–Crippen LogP) is 3.56. The van der Waals surface area contributed by atoms with Gasteiger partial charge >= 0.3 is 0 Å². The standard InChI is InChI=1S/C18H21N3O.C2H6/c1-11-4-5-18(2,3)10-13-12(8-11)9-14-15(13)20-17(22)16-19-6-7-21(14)16;1-2/h4-5,8,10-11H,6-7,9H2,1-3H3,(H,20,22);1-2H3/b5-4-,12-8-,13-10+;. The highest BCUT2D eigenvalue weighted by Crippen LogP contribution is 2.43. The Morgan fingerprint density at radius 2 is 2.08 bits per heavy atom. The van der Waals surface area contributed by atoms with Crippen molar-refractivity contribution in [3.8, 4) is 0 Å². The van der Waals surface area contributed by atoms with Crippen LogP contribution in [0.5, 0.6) is 0 Å². The van der Waals surface area contributed by atoms with Crippen LogP contribution in [-0.2, 0) is 4.79 Å². The second-order valence-corrected chi connectivity index (χ2v) is 7.10. The number of carbonyl (C=O) groups is 1. The molecule has 4 nitrogen and oxygen atoms in total. The molecule has 128 valence electrons. The molecule has 1 N–H and O–H groups in total. The maximum absolute atomic E-state index is 12.3. The van der Waals surface area contributed by atoms with Crippen molar-refractivity contribution in [2.75, 3.05) is 13.1 Å². The summed E-state index contributed by atoms with van der Waals surface area (Å²) < 4.78 is 0. The lowest BCUT2D eigenvalue weighted by Gasteiger charge is -2.27. The number of carbonyl (C=O) groups excluding carboxylic acids is 1. The van der Waals surface area contributed by atoms with E-state index in [-0.39, 0.29) is 11.3 Å². The number of nitrogens with one attached hydrogen (secondary N) is 1. The summed E-state index contributed by atoms with van der Waals surface area (Å²) in [6.07, 6.45) is 9.99. The summed E-state index contributed by atoms with van der Waals surface area (Å²) in [6.45, 7) is 12.2. The van der Waals surface area contributed by atoms with Crippen LogP contribution in [0.3, 0.4) is 0 Å². The topological polar surface area (TPSA) is 44.7 Å². The lowest BCUT2D eigenvalue weighted by Crippen LogP contribution is -2.45. The van der Waals surface area contributed by atoms with Gasteiger partial charge in [0, 0.05) is 24.1 Å². The van der Waals surface area contributed by atoms with E-state index in [1.165, 1.54) is 16.8 Å². The van der Waals surface area contributed by atoms with Gasteiger partial charge in [0.1, 0.15) is 0 Å². The molecule has 0 aromatic heterocycles. The minimum atomic E-state index is -0.0677. The minimum Gasteiger partial charge on any atom is -0.322 e. The molecule has 24 heavy (non-hydrogen) atoms. The lowest BCUT2D eigenvalue weighted by molar-refractivity contribution is -0.115. The average molecular weight is 325 g/mol. The van der Waals surface area contributed by atoms with Crippen LogP contribution in [-0.4, -0.2) is 29.7 Å². The van der Waals surface area contributed by atoms with E-state index in [2.05, 4.69) is 60.3 Å². The fourth-order valence-corrected chi connectivity index (χ4v) is 3.63. The highest BCUT2D eigenvalue weighted by Gasteiger charge is 2.40. The number of amidine groups is 1. The van der Waals surface area contributed by atoms with Crippen LogP contribution >= 0.6 is 0 Å². The first-order chi connectivity index (χ1) is 11.4. The predicted molar refractivity (Wildman–Crippen MR) is 98.4 cm³/mol. The van der Waals surface area contributed by atoms with E-state index in [0.29, 0.717) is 18.3 Å². The van der Waals surface area contributed by atoms with E-state index < -0.39 is 0 Å². The van der Waals surface area contributed by atoms with Gasteiger partial charge in [-0.3, -0.25) is 9.79 Å². The van der Waals surface area contributed by atoms with Gasteiger partial charge in [-0.1, -0.05) is 58.9 Å². The van der Waals surface area contributed by atoms with Gasteiger partial charge in [-0.2, -0.15) is 0 Å². The van der Waals surface area contributed by atoms with Crippen molar-refractivity contribution in [3.05, 3.63) is 46.8 Å². The quantitative estimate of drug-likeness (QED) is 0.692. The molecular formula is C20H27N3O. The second kappa shape index (κ2) is 6.08. The van der Waals surface area contributed by atoms with E-state index in [1.807, 2.05) is 13.8 Å². The Morgan fingerprint density at radius 3 is 2.83 bits per heavy atom. The molecular weight excluding hydrogens is 298 g/mol. The Hall–Kier alpha value is -2.10. The fourth-order valence-electron chi connectivity index (χ4n) is 3.63.